The van der Waals surface area contributed by atoms with E-state index in [1.165, 1.54) is 43.4 Å². The van der Waals surface area contributed by atoms with Gasteiger partial charge in [0.2, 0.25) is 0 Å². The summed E-state index contributed by atoms with van der Waals surface area (Å²) in [7, 11) is 0. The predicted molar refractivity (Wildman–Crippen MR) is 67.1 cm³/mol. The average Bonchev–Trinajstić information content (AvgIpc) is 2.16. The topological polar surface area (TPSA) is 30.0 Å². The smallest absolute Gasteiger partial charge is 0.0918 e. The molecule has 0 aliphatic rings. The maximum absolute atomic E-state index is 2.44. The Morgan fingerprint density at radius 1 is 0.800 bits per heavy atom. The van der Waals surface area contributed by atoms with E-state index in [2.05, 4.69) is 40.0 Å². The lowest BCUT2D eigenvalue weighted by Gasteiger charge is -2.34. The third kappa shape index (κ3) is 6.69. The van der Waals surface area contributed by atoms with Crippen molar-refractivity contribution in [2.24, 2.45) is 0 Å². The summed E-state index contributed by atoms with van der Waals surface area (Å²) in [5, 5.41) is 0. The van der Waals surface area contributed by atoms with Crippen molar-refractivity contribution >= 4 is 0 Å². The van der Waals surface area contributed by atoms with E-state index in [1.807, 2.05) is 0 Å². The van der Waals surface area contributed by atoms with E-state index in [0.717, 1.165) is 6.42 Å². The second-order valence-electron chi connectivity index (χ2n) is 4.18. The summed E-state index contributed by atoms with van der Waals surface area (Å²) in [5.74, 6) is 0. The first-order valence-corrected chi connectivity index (χ1v) is 6.28. The lowest BCUT2D eigenvalue weighted by atomic mass is 10.2. The summed E-state index contributed by atoms with van der Waals surface area (Å²) in [6.45, 7) is 13.0. The van der Waals surface area contributed by atoms with Crippen LogP contribution in [0.4, 0.5) is 0 Å². The van der Waals surface area contributed by atoms with E-state index < -0.39 is 0 Å². The summed E-state index contributed by atoms with van der Waals surface area (Å²) >= 11 is 0. The number of nitrogens with zero attached hydrogens (tertiary/aromatic N) is 1. The molecule has 0 saturated carbocycles. The van der Waals surface area contributed by atoms with Crippen LogP contribution in [0.2, 0.25) is 0 Å². The highest BCUT2D eigenvalue weighted by Crippen LogP contribution is 2.13. The summed E-state index contributed by atoms with van der Waals surface area (Å²) in [6.07, 6.45) is 9.80. The Kier molecular flexibility index (Phi) is 11.6. The zero-order chi connectivity index (χ0) is 10.9. The Bertz CT molecular complexity index is 138. The van der Waals surface area contributed by atoms with E-state index in [9.17, 15) is 0 Å². The maximum atomic E-state index is 2.44. The zero-order valence-electron chi connectivity index (χ0n) is 11.0. The molecule has 0 spiro atoms. The monoisotopic (exact) mass is 215 g/mol. The molecule has 0 amide bonds. The predicted octanol–water partition coefficient (Wildman–Crippen LogP) is 3.78. The fourth-order valence-corrected chi connectivity index (χ4v) is 2.22. The lowest BCUT2D eigenvalue weighted by molar-refractivity contribution is -0.879. The molecule has 0 aromatic carbocycles. The van der Waals surface area contributed by atoms with E-state index in [1.54, 1.807) is 0 Å². The van der Waals surface area contributed by atoms with Crippen molar-refractivity contribution in [2.75, 3.05) is 19.6 Å². The first-order valence-electron chi connectivity index (χ1n) is 6.28. The molecule has 0 aliphatic carbocycles. The molecule has 0 unspecified atom stereocenters. The van der Waals surface area contributed by atoms with Crippen LogP contribution < -0.4 is 0 Å². The minimum absolute atomic E-state index is 0. The minimum Gasteiger partial charge on any atom is -0.870 e. The summed E-state index contributed by atoms with van der Waals surface area (Å²) in [6, 6.07) is 0. The molecule has 92 valence electrons. The van der Waals surface area contributed by atoms with Gasteiger partial charge in [-0.2, -0.15) is 0 Å². The average molecular weight is 215 g/mol. The van der Waals surface area contributed by atoms with Crippen LogP contribution in [0.15, 0.2) is 12.3 Å². The van der Waals surface area contributed by atoms with Gasteiger partial charge < -0.3 is 5.48 Å². The van der Waals surface area contributed by atoms with Crippen molar-refractivity contribution in [1.82, 2.24) is 0 Å². The molecule has 0 aromatic heterocycles. The number of hydrogen-bond acceptors (Lipinski definition) is 1. The van der Waals surface area contributed by atoms with E-state index >= 15 is 0 Å². The van der Waals surface area contributed by atoms with E-state index in [0.29, 0.717) is 0 Å². The van der Waals surface area contributed by atoms with Gasteiger partial charge in [0.05, 0.1) is 25.8 Å². The van der Waals surface area contributed by atoms with Gasteiger partial charge in [0.25, 0.3) is 0 Å². The lowest BCUT2D eigenvalue weighted by Crippen LogP contribution is -2.44. The van der Waals surface area contributed by atoms with Crippen LogP contribution in [0, 0.1) is 0 Å². The van der Waals surface area contributed by atoms with Crippen LogP contribution in [0.25, 0.3) is 0 Å². The van der Waals surface area contributed by atoms with Crippen LogP contribution >= 0.6 is 0 Å². The van der Waals surface area contributed by atoms with Crippen molar-refractivity contribution < 1.29 is 9.96 Å². The molecule has 0 rings (SSSR count). The van der Waals surface area contributed by atoms with Crippen LogP contribution in [0.1, 0.15) is 53.4 Å². The van der Waals surface area contributed by atoms with Crippen LogP contribution in [-0.4, -0.2) is 29.6 Å². The standard InChI is InChI=1S/C13H28N.H2O/c1-5-9-13-14(10-6-2,11-7-3)12-8-4;/h9,13H,5-8,10-12H2,1-4H3;1H2/q+1;/p-1. The van der Waals surface area contributed by atoms with Gasteiger partial charge >= 0.3 is 0 Å². The molecular formula is C13H29NO. The van der Waals surface area contributed by atoms with Gasteiger partial charge in [-0.3, -0.25) is 4.48 Å². The molecule has 1 N–H and O–H groups in total. The van der Waals surface area contributed by atoms with Crippen LogP contribution in [-0.2, 0) is 0 Å². The number of hydrogen-bond donors (Lipinski definition) is 0. The molecule has 2 nitrogen and oxygen atoms in total. The number of quaternary nitrogens is 1. The van der Waals surface area contributed by atoms with E-state index in [-0.39, 0.29) is 5.48 Å². The van der Waals surface area contributed by atoms with Crippen LogP contribution in [0.3, 0.4) is 0 Å². The van der Waals surface area contributed by atoms with Crippen molar-refractivity contribution in [3.05, 3.63) is 12.3 Å². The number of rotatable bonds is 8. The maximum Gasteiger partial charge on any atom is 0.0918 e. The second kappa shape index (κ2) is 10.2. The van der Waals surface area contributed by atoms with Gasteiger partial charge in [-0.1, -0.05) is 27.7 Å². The summed E-state index contributed by atoms with van der Waals surface area (Å²) in [4.78, 5) is 0. The van der Waals surface area contributed by atoms with Gasteiger partial charge in [-0.05, 0) is 31.8 Å². The largest absolute Gasteiger partial charge is 0.870 e. The molecule has 15 heavy (non-hydrogen) atoms. The Morgan fingerprint density at radius 3 is 1.47 bits per heavy atom. The highest BCUT2D eigenvalue weighted by molar-refractivity contribution is 4.73. The Labute approximate surface area is 95.9 Å². The van der Waals surface area contributed by atoms with E-state index in [4.69, 9.17) is 0 Å². The molecule has 0 bridgehead atoms. The molecule has 0 radical (unpaired) electrons. The van der Waals surface area contributed by atoms with Gasteiger partial charge in [0.15, 0.2) is 0 Å². The Balaban J connectivity index is 0. The fourth-order valence-electron chi connectivity index (χ4n) is 2.22. The normalized spacial score (nSPS) is 11.7. The van der Waals surface area contributed by atoms with Gasteiger partial charge in [0.1, 0.15) is 0 Å². The SMILES string of the molecule is CCC=C[N+](CCC)(CCC)CCC.[OH-]. The second-order valence-corrected chi connectivity index (χ2v) is 4.18. The molecule has 0 aliphatic heterocycles. The Morgan fingerprint density at radius 2 is 1.20 bits per heavy atom. The molecule has 0 aromatic rings. The highest BCUT2D eigenvalue weighted by Gasteiger charge is 2.20. The molecular weight excluding hydrogens is 186 g/mol. The van der Waals surface area contributed by atoms with Gasteiger partial charge in [-0.25, -0.2) is 0 Å². The first-order chi connectivity index (χ1) is 6.74. The van der Waals surface area contributed by atoms with Gasteiger partial charge in [0, 0.05) is 0 Å². The minimum atomic E-state index is 0. The fraction of sp³-hybridized carbons (Fsp3) is 0.846. The van der Waals surface area contributed by atoms with Crippen molar-refractivity contribution in [1.29, 1.82) is 0 Å². The summed E-state index contributed by atoms with van der Waals surface area (Å²) in [5.41, 5.74) is 0. The zero-order valence-corrected chi connectivity index (χ0v) is 11.0. The molecule has 0 fully saturated rings. The third-order valence-electron chi connectivity index (χ3n) is 2.66. The third-order valence-corrected chi connectivity index (χ3v) is 2.66. The van der Waals surface area contributed by atoms with Crippen LogP contribution in [0.5, 0.6) is 0 Å². The highest BCUT2D eigenvalue weighted by atomic mass is 16.0. The van der Waals surface area contributed by atoms with Crippen molar-refractivity contribution in [2.45, 2.75) is 53.4 Å². The van der Waals surface area contributed by atoms with Gasteiger partial charge in [-0.15, -0.1) is 0 Å². The number of allylic oxidation sites excluding steroid dienone is 1. The molecule has 0 atom stereocenters. The molecule has 0 heterocycles. The summed E-state index contributed by atoms with van der Waals surface area (Å²) < 4.78 is 1.21. The molecule has 0 saturated heterocycles. The first kappa shape index (κ1) is 17.1. The Hall–Kier alpha value is -0.340. The van der Waals surface area contributed by atoms with Crippen molar-refractivity contribution in [3.63, 3.8) is 0 Å². The molecule has 2 heteroatoms. The van der Waals surface area contributed by atoms with Crippen molar-refractivity contribution in [3.8, 4) is 0 Å². The quantitative estimate of drug-likeness (QED) is 0.567.